The van der Waals surface area contributed by atoms with E-state index in [1.807, 2.05) is 0 Å². The van der Waals surface area contributed by atoms with E-state index in [0.717, 1.165) is 0 Å². The van der Waals surface area contributed by atoms with Crippen LogP contribution in [0.2, 0.25) is 5.02 Å². The van der Waals surface area contributed by atoms with Gasteiger partial charge in [-0.3, -0.25) is 4.79 Å². The molecule has 102 valence electrons. The standard InChI is InChI=1S/C15H12ClNO3/c1-9-8-14(18)10(2)7-13(9)17-20-15(19)11-3-5-12(16)6-4-11/h3-8H,1-2H3. The van der Waals surface area contributed by atoms with Gasteiger partial charge >= 0.3 is 5.97 Å². The van der Waals surface area contributed by atoms with Crippen LogP contribution in [0.3, 0.4) is 0 Å². The molecule has 1 aliphatic carbocycles. The van der Waals surface area contributed by atoms with Gasteiger partial charge in [0.25, 0.3) is 0 Å². The number of allylic oxidation sites excluding steroid dienone is 4. The Kier molecular flexibility index (Phi) is 4.15. The Labute approximate surface area is 121 Å². The molecule has 0 bridgehead atoms. The highest BCUT2D eigenvalue weighted by Crippen LogP contribution is 2.14. The first-order chi connectivity index (χ1) is 9.47. The molecule has 0 saturated carbocycles. The third kappa shape index (κ3) is 3.22. The molecule has 0 heterocycles. The van der Waals surface area contributed by atoms with Gasteiger partial charge in [0.1, 0.15) is 5.71 Å². The third-order valence-electron chi connectivity index (χ3n) is 2.80. The molecule has 5 heteroatoms. The summed E-state index contributed by atoms with van der Waals surface area (Å²) in [6.07, 6.45) is 3.05. The van der Waals surface area contributed by atoms with Crippen molar-refractivity contribution < 1.29 is 14.4 Å². The van der Waals surface area contributed by atoms with Crippen LogP contribution in [0.25, 0.3) is 0 Å². The second-order valence-corrected chi connectivity index (χ2v) is 4.82. The predicted octanol–water partition coefficient (Wildman–Crippen LogP) is 3.33. The normalized spacial score (nSPS) is 16.8. The second kappa shape index (κ2) is 5.84. The van der Waals surface area contributed by atoms with Crippen LogP contribution in [0, 0.1) is 0 Å². The molecule has 0 spiro atoms. The summed E-state index contributed by atoms with van der Waals surface area (Å²) in [5, 5.41) is 4.32. The predicted molar refractivity (Wildman–Crippen MR) is 76.8 cm³/mol. The molecule has 0 amide bonds. The summed E-state index contributed by atoms with van der Waals surface area (Å²) in [5.41, 5.74) is 2.03. The highest BCUT2D eigenvalue weighted by atomic mass is 35.5. The van der Waals surface area contributed by atoms with Gasteiger partial charge in [0.15, 0.2) is 5.78 Å². The van der Waals surface area contributed by atoms with Gasteiger partial charge in [-0.05, 0) is 61.4 Å². The number of halogens is 1. The van der Waals surface area contributed by atoms with Gasteiger partial charge in [0.2, 0.25) is 0 Å². The average molecular weight is 290 g/mol. The van der Waals surface area contributed by atoms with E-state index in [4.69, 9.17) is 16.4 Å². The van der Waals surface area contributed by atoms with Crippen LogP contribution in [0.1, 0.15) is 24.2 Å². The number of benzene rings is 1. The SMILES string of the molecule is CC1=CC(=NOC(=O)c2ccc(Cl)cc2)C(C)=CC1=O. The van der Waals surface area contributed by atoms with Crippen LogP contribution >= 0.6 is 11.6 Å². The van der Waals surface area contributed by atoms with E-state index in [0.29, 0.717) is 27.4 Å². The highest BCUT2D eigenvalue weighted by Gasteiger charge is 2.14. The maximum atomic E-state index is 11.8. The molecule has 0 saturated heterocycles. The van der Waals surface area contributed by atoms with E-state index in [2.05, 4.69) is 5.16 Å². The molecular formula is C15H12ClNO3. The zero-order chi connectivity index (χ0) is 14.7. The van der Waals surface area contributed by atoms with Crippen LogP contribution < -0.4 is 0 Å². The molecular weight excluding hydrogens is 278 g/mol. The minimum absolute atomic E-state index is 0.0644. The minimum atomic E-state index is -0.579. The Balaban J connectivity index is 2.13. The molecule has 0 aromatic heterocycles. The summed E-state index contributed by atoms with van der Waals surface area (Å²) in [6.45, 7) is 3.41. The number of ketones is 1. The van der Waals surface area contributed by atoms with E-state index in [-0.39, 0.29) is 5.78 Å². The quantitative estimate of drug-likeness (QED) is 0.477. The lowest BCUT2D eigenvalue weighted by Crippen LogP contribution is -2.11. The fourth-order valence-electron chi connectivity index (χ4n) is 1.60. The van der Waals surface area contributed by atoms with Crippen molar-refractivity contribution in [1.82, 2.24) is 0 Å². The first-order valence-electron chi connectivity index (χ1n) is 5.93. The van der Waals surface area contributed by atoms with Crippen molar-refractivity contribution in [2.24, 2.45) is 5.16 Å². The Morgan fingerprint density at radius 2 is 1.75 bits per heavy atom. The van der Waals surface area contributed by atoms with Gasteiger partial charge in [-0.25, -0.2) is 4.79 Å². The molecule has 0 atom stereocenters. The van der Waals surface area contributed by atoms with Crippen molar-refractivity contribution in [3.63, 3.8) is 0 Å². The number of nitrogens with zero attached hydrogens (tertiary/aromatic N) is 1. The monoisotopic (exact) mass is 289 g/mol. The molecule has 2 rings (SSSR count). The lowest BCUT2D eigenvalue weighted by atomic mass is 9.99. The summed E-state index contributed by atoms with van der Waals surface area (Å²) in [7, 11) is 0. The lowest BCUT2D eigenvalue weighted by molar-refractivity contribution is -0.111. The Bertz CT molecular complexity index is 654. The van der Waals surface area contributed by atoms with Crippen molar-refractivity contribution in [2.75, 3.05) is 0 Å². The van der Waals surface area contributed by atoms with Gasteiger partial charge in [-0.15, -0.1) is 0 Å². The largest absolute Gasteiger partial charge is 0.365 e. The minimum Gasteiger partial charge on any atom is -0.312 e. The zero-order valence-corrected chi connectivity index (χ0v) is 11.8. The molecule has 1 aliphatic rings. The van der Waals surface area contributed by atoms with E-state index in [1.54, 1.807) is 44.2 Å². The van der Waals surface area contributed by atoms with Crippen molar-refractivity contribution in [3.05, 3.63) is 58.1 Å². The maximum absolute atomic E-state index is 11.8. The number of carbonyl (C=O) groups is 2. The van der Waals surface area contributed by atoms with Gasteiger partial charge in [0.05, 0.1) is 5.56 Å². The topological polar surface area (TPSA) is 55.7 Å². The van der Waals surface area contributed by atoms with E-state index in [9.17, 15) is 9.59 Å². The van der Waals surface area contributed by atoms with Gasteiger partial charge in [0, 0.05) is 5.02 Å². The maximum Gasteiger partial charge on any atom is 0.365 e. The number of hydrogen-bond acceptors (Lipinski definition) is 4. The lowest BCUT2D eigenvalue weighted by Gasteiger charge is -2.08. The molecule has 0 N–H and O–H groups in total. The van der Waals surface area contributed by atoms with Crippen molar-refractivity contribution in [1.29, 1.82) is 0 Å². The van der Waals surface area contributed by atoms with Crippen LogP contribution in [-0.2, 0) is 9.63 Å². The van der Waals surface area contributed by atoms with Crippen LogP contribution in [0.15, 0.2) is 52.7 Å². The first kappa shape index (κ1) is 14.2. The Hall–Kier alpha value is -2.20. The van der Waals surface area contributed by atoms with E-state index >= 15 is 0 Å². The molecule has 0 fully saturated rings. The molecule has 0 aliphatic heterocycles. The second-order valence-electron chi connectivity index (χ2n) is 4.38. The van der Waals surface area contributed by atoms with Crippen molar-refractivity contribution in [2.45, 2.75) is 13.8 Å². The smallest absolute Gasteiger partial charge is 0.312 e. The number of hydrogen-bond donors (Lipinski definition) is 0. The highest BCUT2D eigenvalue weighted by molar-refractivity contribution is 6.30. The van der Waals surface area contributed by atoms with E-state index < -0.39 is 5.97 Å². The van der Waals surface area contributed by atoms with Crippen LogP contribution in [0.5, 0.6) is 0 Å². The van der Waals surface area contributed by atoms with E-state index in [1.165, 1.54) is 6.08 Å². The average Bonchev–Trinajstić information content (AvgIpc) is 2.42. The fourth-order valence-corrected chi connectivity index (χ4v) is 1.73. The number of carbonyl (C=O) groups excluding carboxylic acids is 2. The molecule has 1 aromatic rings. The van der Waals surface area contributed by atoms with Gasteiger partial charge < -0.3 is 4.84 Å². The summed E-state index contributed by atoms with van der Waals surface area (Å²) in [4.78, 5) is 28.1. The summed E-state index contributed by atoms with van der Waals surface area (Å²) >= 11 is 5.74. The molecule has 20 heavy (non-hydrogen) atoms. The van der Waals surface area contributed by atoms with Crippen molar-refractivity contribution >= 4 is 29.1 Å². The summed E-state index contributed by atoms with van der Waals surface area (Å²) in [6, 6.07) is 6.30. The Morgan fingerprint density at radius 3 is 2.40 bits per heavy atom. The van der Waals surface area contributed by atoms with Crippen LogP contribution in [-0.4, -0.2) is 17.5 Å². The Morgan fingerprint density at radius 1 is 1.10 bits per heavy atom. The molecule has 0 unspecified atom stereocenters. The van der Waals surface area contributed by atoms with Gasteiger partial charge in [-0.2, -0.15) is 0 Å². The number of rotatable bonds is 2. The molecule has 1 aromatic carbocycles. The van der Waals surface area contributed by atoms with Crippen molar-refractivity contribution in [3.8, 4) is 0 Å². The van der Waals surface area contributed by atoms with Crippen LogP contribution in [0.4, 0.5) is 0 Å². The fraction of sp³-hybridized carbons (Fsp3) is 0.133. The summed E-state index contributed by atoms with van der Waals surface area (Å²) in [5.74, 6) is -0.643. The molecule has 0 radical (unpaired) electrons. The van der Waals surface area contributed by atoms with Gasteiger partial charge in [-0.1, -0.05) is 16.8 Å². The number of oxime groups is 1. The third-order valence-corrected chi connectivity index (χ3v) is 3.05. The zero-order valence-electron chi connectivity index (χ0n) is 11.0. The molecule has 4 nitrogen and oxygen atoms in total. The first-order valence-corrected chi connectivity index (χ1v) is 6.31. The summed E-state index contributed by atoms with van der Waals surface area (Å²) < 4.78 is 0.